The standard InChI is InChI=1S/C16H18BrNO2/c1-11-4-3-5-12(6-11)9-18-10-13-7-14(17)16(19)15(8-13)20-2/h3-8,18-19H,9-10H2,1-2H3. The zero-order valence-electron chi connectivity index (χ0n) is 11.6. The molecule has 0 aliphatic carbocycles. The largest absolute Gasteiger partial charge is 0.503 e. The van der Waals surface area contributed by atoms with E-state index < -0.39 is 0 Å². The molecule has 0 aromatic heterocycles. The number of aromatic hydroxyl groups is 1. The molecule has 2 aromatic carbocycles. The van der Waals surface area contributed by atoms with Crippen LogP contribution in [-0.2, 0) is 13.1 Å². The molecule has 20 heavy (non-hydrogen) atoms. The molecule has 2 aromatic rings. The fourth-order valence-electron chi connectivity index (χ4n) is 2.06. The maximum atomic E-state index is 9.76. The fourth-order valence-corrected chi connectivity index (χ4v) is 2.55. The molecule has 106 valence electrons. The van der Waals surface area contributed by atoms with Gasteiger partial charge in [0.2, 0.25) is 0 Å². The van der Waals surface area contributed by atoms with Crippen LogP contribution in [0.3, 0.4) is 0 Å². The monoisotopic (exact) mass is 335 g/mol. The Morgan fingerprint density at radius 2 is 1.90 bits per heavy atom. The van der Waals surface area contributed by atoms with Gasteiger partial charge in [0.05, 0.1) is 11.6 Å². The number of phenolic OH excluding ortho intramolecular Hbond substituents is 1. The van der Waals surface area contributed by atoms with Gasteiger partial charge in [0.1, 0.15) is 0 Å². The summed E-state index contributed by atoms with van der Waals surface area (Å²) in [4.78, 5) is 0. The van der Waals surface area contributed by atoms with Gasteiger partial charge >= 0.3 is 0 Å². The molecule has 4 heteroatoms. The molecule has 0 atom stereocenters. The molecule has 0 saturated carbocycles. The molecule has 2 rings (SSSR count). The second-order valence-electron chi connectivity index (χ2n) is 4.72. The van der Waals surface area contributed by atoms with Crippen molar-refractivity contribution in [3.05, 3.63) is 57.6 Å². The van der Waals surface area contributed by atoms with Crippen LogP contribution in [0, 0.1) is 6.92 Å². The van der Waals surface area contributed by atoms with E-state index in [1.54, 1.807) is 7.11 Å². The van der Waals surface area contributed by atoms with E-state index in [2.05, 4.69) is 52.4 Å². The van der Waals surface area contributed by atoms with E-state index in [0.29, 0.717) is 16.8 Å². The highest BCUT2D eigenvalue weighted by Crippen LogP contribution is 2.35. The molecule has 0 saturated heterocycles. The van der Waals surface area contributed by atoms with Gasteiger partial charge in [0, 0.05) is 13.1 Å². The fraction of sp³-hybridized carbons (Fsp3) is 0.250. The van der Waals surface area contributed by atoms with Gasteiger partial charge in [-0.05, 0) is 46.1 Å². The zero-order chi connectivity index (χ0) is 14.5. The molecular weight excluding hydrogens is 318 g/mol. The van der Waals surface area contributed by atoms with Gasteiger partial charge in [-0.15, -0.1) is 0 Å². The van der Waals surface area contributed by atoms with Gasteiger partial charge in [-0.1, -0.05) is 29.8 Å². The number of nitrogens with one attached hydrogen (secondary N) is 1. The normalized spacial score (nSPS) is 10.6. The zero-order valence-corrected chi connectivity index (χ0v) is 13.2. The predicted molar refractivity (Wildman–Crippen MR) is 84.1 cm³/mol. The Labute approximate surface area is 127 Å². The van der Waals surface area contributed by atoms with Gasteiger partial charge < -0.3 is 15.2 Å². The number of ether oxygens (including phenoxy) is 1. The third-order valence-corrected chi connectivity index (χ3v) is 3.65. The molecule has 2 N–H and O–H groups in total. The number of hydrogen-bond acceptors (Lipinski definition) is 3. The van der Waals surface area contributed by atoms with Crippen LogP contribution in [0.2, 0.25) is 0 Å². The lowest BCUT2D eigenvalue weighted by atomic mass is 10.1. The first kappa shape index (κ1) is 14.9. The van der Waals surface area contributed by atoms with Crippen molar-refractivity contribution >= 4 is 15.9 Å². The number of rotatable bonds is 5. The van der Waals surface area contributed by atoms with Crippen LogP contribution < -0.4 is 10.1 Å². The highest BCUT2D eigenvalue weighted by Gasteiger charge is 2.08. The van der Waals surface area contributed by atoms with Gasteiger partial charge in [-0.3, -0.25) is 0 Å². The highest BCUT2D eigenvalue weighted by atomic mass is 79.9. The minimum Gasteiger partial charge on any atom is -0.503 e. The summed E-state index contributed by atoms with van der Waals surface area (Å²) in [5.74, 6) is 0.613. The van der Waals surface area contributed by atoms with Gasteiger partial charge in [0.15, 0.2) is 11.5 Å². The first-order valence-electron chi connectivity index (χ1n) is 6.42. The Morgan fingerprint density at radius 1 is 1.15 bits per heavy atom. The minimum absolute atomic E-state index is 0.134. The van der Waals surface area contributed by atoms with Crippen LogP contribution in [0.15, 0.2) is 40.9 Å². The quantitative estimate of drug-likeness (QED) is 0.874. The average Bonchev–Trinajstić information content (AvgIpc) is 2.42. The topological polar surface area (TPSA) is 41.5 Å². The molecule has 0 spiro atoms. The van der Waals surface area contributed by atoms with Crippen LogP contribution >= 0.6 is 15.9 Å². The van der Waals surface area contributed by atoms with Crippen molar-refractivity contribution in [2.75, 3.05) is 7.11 Å². The predicted octanol–water partition coefficient (Wildman–Crippen LogP) is 3.76. The summed E-state index contributed by atoms with van der Waals surface area (Å²) < 4.78 is 5.78. The maximum absolute atomic E-state index is 9.76. The van der Waals surface area contributed by atoms with Gasteiger partial charge in [-0.2, -0.15) is 0 Å². The third kappa shape index (κ3) is 3.74. The lowest BCUT2D eigenvalue weighted by molar-refractivity contribution is 0.371. The average molecular weight is 336 g/mol. The molecule has 0 bridgehead atoms. The lowest BCUT2D eigenvalue weighted by Gasteiger charge is -2.10. The molecule has 0 unspecified atom stereocenters. The van der Waals surface area contributed by atoms with Gasteiger partial charge in [0.25, 0.3) is 0 Å². The summed E-state index contributed by atoms with van der Waals surface area (Å²) >= 11 is 3.33. The first-order chi connectivity index (χ1) is 9.60. The Hall–Kier alpha value is -1.52. The van der Waals surface area contributed by atoms with Crippen LogP contribution in [0.5, 0.6) is 11.5 Å². The second-order valence-corrected chi connectivity index (χ2v) is 5.58. The van der Waals surface area contributed by atoms with Gasteiger partial charge in [-0.25, -0.2) is 0 Å². The van der Waals surface area contributed by atoms with E-state index in [-0.39, 0.29) is 5.75 Å². The molecule has 3 nitrogen and oxygen atoms in total. The maximum Gasteiger partial charge on any atom is 0.172 e. The van der Waals surface area contributed by atoms with Crippen LogP contribution in [-0.4, -0.2) is 12.2 Å². The van der Waals surface area contributed by atoms with E-state index in [4.69, 9.17) is 4.74 Å². The third-order valence-electron chi connectivity index (χ3n) is 3.05. The van der Waals surface area contributed by atoms with Crippen molar-refractivity contribution in [1.82, 2.24) is 5.32 Å². The number of aryl methyl sites for hydroxylation is 1. The number of benzene rings is 2. The van der Waals surface area contributed by atoms with E-state index in [1.165, 1.54) is 11.1 Å². The summed E-state index contributed by atoms with van der Waals surface area (Å²) in [6, 6.07) is 12.1. The van der Waals surface area contributed by atoms with E-state index in [0.717, 1.165) is 12.1 Å². The van der Waals surface area contributed by atoms with Crippen LogP contribution in [0.25, 0.3) is 0 Å². The Morgan fingerprint density at radius 3 is 2.60 bits per heavy atom. The second kappa shape index (κ2) is 6.77. The summed E-state index contributed by atoms with van der Waals surface area (Å²) in [7, 11) is 1.55. The van der Waals surface area contributed by atoms with Crippen molar-refractivity contribution in [3.8, 4) is 11.5 Å². The summed E-state index contributed by atoms with van der Waals surface area (Å²) in [6.07, 6.45) is 0. The summed E-state index contributed by atoms with van der Waals surface area (Å²) in [5.41, 5.74) is 3.58. The molecule has 0 aliphatic rings. The number of halogens is 1. The SMILES string of the molecule is COc1cc(CNCc2cccc(C)c2)cc(Br)c1O. The van der Waals surface area contributed by atoms with Crippen molar-refractivity contribution < 1.29 is 9.84 Å². The minimum atomic E-state index is 0.134. The Bertz CT molecular complexity index is 599. The van der Waals surface area contributed by atoms with Crippen molar-refractivity contribution in [1.29, 1.82) is 0 Å². The lowest BCUT2D eigenvalue weighted by Crippen LogP contribution is -2.12. The van der Waals surface area contributed by atoms with E-state index >= 15 is 0 Å². The Kier molecular flexibility index (Phi) is 5.04. The highest BCUT2D eigenvalue weighted by molar-refractivity contribution is 9.10. The van der Waals surface area contributed by atoms with Crippen molar-refractivity contribution in [3.63, 3.8) is 0 Å². The summed E-state index contributed by atoms with van der Waals surface area (Å²) in [5, 5.41) is 13.1. The van der Waals surface area contributed by atoms with E-state index in [1.807, 2.05) is 12.1 Å². The van der Waals surface area contributed by atoms with Crippen LogP contribution in [0.1, 0.15) is 16.7 Å². The molecule has 0 aliphatic heterocycles. The van der Waals surface area contributed by atoms with E-state index in [9.17, 15) is 5.11 Å². The Balaban J connectivity index is 1.99. The van der Waals surface area contributed by atoms with Crippen LogP contribution in [0.4, 0.5) is 0 Å². The molecule has 0 amide bonds. The number of hydrogen-bond donors (Lipinski definition) is 2. The number of methoxy groups -OCH3 is 1. The summed E-state index contributed by atoms with van der Waals surface area (Å²) in [6.45, 7) is 3.61. The molecule has 0 fully saturated rings. The molecular formula is C16H18BrNO2. The van der Waals surface area contributed by atoms with Crippen molar-refractivity contribution in [2.45, 2.75) is 20.0 Å². The van der Waals surface area contributed by atoms with Crippen molar-refractivity contribution in [2.24, 2.45) is 0 Å². The number of phenols is 1. The molecule has 0 radical (unpaired) electrons. The first-order valence-corrected chi connectivity index (χ1v) is 7.21. The smallest absolute Gasteiger partial charge is 0.172 e. The molecule has 0 heterocycles.